The van der Waals surface area contributed by atoms with E-state index >= 15 is 0 Å². The number of fused-ring (bicyclic) bond motifs is 1. The number of Topliss-reactive ketones (excluding diaryl/α,β-unsaturated/α-hetero) is 1. The predicted molar refractivity (Wildman–Crippen MR) is 64.0 cm³/mol. The third kappa shape index (κ3) is 2.20. The molecule has 19 heavy (non-hydrogen) atoms. The van der Waals surface area contributed by atoms with Crippen molar-refractivity contribution in [1.82, 2.24) is 0 Å². The van der Waals surface area contributed by atoms with Gasteiger partial charge >= 0.3 is 12.3 Å². The number of ketones is 1. The van der Waals surface area contributed by atoms with E-state index in [1.807, 2.05) is 0 Å². The van der Waals surface area contributed by atoms with Crippen LogP contribution in [-0.2, 0) is 0 Å². The molecule has 0 saturated carbocycles. The van der Waals surface area contributed by atoms with Crippen molar-refractivity contribution in [3.63, 3.8) is 0 Å². The van der Waals surface area contributed by atoms with Crippen LogP contribution >= 0.6 is 0 Å². The van der Waals surface area contributed by atoms with Crippen LogP contribution in [-0.4, -0.2) is 18.1 Å². The molecule has 0 aromatic heterocycles. The maximum atomic E-state index is 13.2. The van der Waals surface area contributed by atoms with Crippen molar-refractivity contribution in [2.45, 2.75) is 19.3 Å². The van der Waals surface area contributed by atoms with E-state index in [4.69, 9.17) is 0 Å². The van der Waals surface area contributed by atoms with Gasteiger partial charge in [-0.25, -0.2) is 8.78 Å². The number of benzene rings is 2. The molecule has 2 rings (SSSR count). The Kier molecular flexibility index (Phi) is 3.30. The molecule has 0 N–H and O–H groups in total. The molecule has 0 unspecified atom stereocenters. The molecule has 0 aliphatic rings. The van der Waals surface area contributed by atoms with Gasteiger partial charge in [-0.05, 0) is 23.3 Å². The molecule has 0 atom stereocenters. The van der Waals surface area contributed by atoms with E-state index in [-0.39, 0.29) is 10.9 Å². The largest absolute Gasteiger partial charge is 0.368 e. The summed E-state index contributed by atoms with van der Waals surface area (Å²) < 4.78 is 50.8. The summed E-state index contributed by atoms with van der Waals surface area (Å²) in [5.74, 6) is -6.52. The summed E-state index contributed by atoms with van der Waals surface area (Å²) in [6.07, 6.45) is -4.01. The Hall–Kier alpha value is -1.91. The summed E-state index contributed by atoms with van der Waals surface area (Å²) in [4.78, 5) is 11.6. The zero-order chi connectivity index (χ0) is 14.2. The van der Waals surface area contributed by atoms with Gasteiger partial charge in [0.25, 0.3) is 0 Å². The first-order chi connectivity index (χ1) is 8.85. The molecular weight excluding hydrogens is 260 g/mol. The van der Waals surface area contributed by atoms with Crippen molar-refractivity contribution < 1.29 is 22.4 Å². The zero-order valence-corrected chi connectivity index (χ0v) is 9.96. The summed E-state index contributed by atoms with van der Waals surface area (Å²) in [5, 5.41) is 0.853. The maximum absolute atomic E-state index is 13.2. The number of halogens is 4. The minimum Gasteiger partial charge on any atom is -0.287 e. The second-order valence-corrected chi connectivity index (χ2v) is 4.23. The lowest BCUT2D eigenvalue weighted by atomic mass is 9.95. The van der Waals surface area contributed by atoms with Gasteiger partial charge in [-0.15, -0.1) is 0 Å². The second kappa shape index (κ2) is 4.64. The topological polar surface area (TPSA) is 17.1 Å². The molecule has 0 spiro atoms. The standard InChI is InChI=1S/C14H10F4O/c1-8-6-7-11(10-5-3-2-4-9(8)10)12(19)14(17,18)13(15)16/h2-7,13H,1H3. The lowest BCUT2D eigenvalue weighted by molar-refractivity contribution is -0.0957. The minimum absolute atomic E-state index is 0.257. The van der Waals surface area contributed by atoms with Crippen LogP contribution < -0.4 is 0 Å². The van der Waals surface area contributed by atoms with E-state index in [1.54, 1.807) is 25.1 Å². The number of hydrogen-bond acceptors (Lipinski definition) is 1. The van der Waals surface area contributed by atoms with Crippen LogP contribution in [0.1, 0.15) is 15.9 Å². The van der Waals surface area contributed by atoms with Gasteiger partial charge in [0.2, 0.25) is 5.78 Å². The number of alkyl halides is 4. The summed E-state index contributed by atoms with van der Waals surface area (Å²) in [6.45, 7) is 1.75. The fraction of sp³-hybridized carbons (Fsp3) is 0.214. The van der Waals surface area contributed by atoms with E-state index < -0.39 is 18.1 Å². The Labute approximate surface area is 106 Å². The van der Waals surface area contributed by atoms with Crippen LogP contribution in [0.5, 0.6) is 0 Å². The molecule has 0 fully saturated rings. The van der Waals surface area contributed by atoms with Crippen LogP contribution in [0.15, 0.2) is 36.4 Å². The lowest BCUT2D eigenvalue weighted by Crippen LogP contribution is -2.36. The summed E-state index contributed by atoms with van der Waals surface area (Å²) in [7, 11) is 0. The van der Waals surface area contributed by atoms with Crippen LogP contribution in [0.2, 0.25) is 0 Å². The molecule has 0 saturated heterocycles. The van der Waals surface area contributed by atoms with Crippen LogP contribution in [0, 0.1) is 6.92 Å². The van der Waals surface area contributed by atoms with Gasteiger partial charge in [-0.3, -0.25) is 4.79 Å². The Morgan fingerprint density at radius 2 is 1.63 bits per heavy atom. The Morgan fingerprint density at radius 3 is 2.21 bits per heavy atom. The van der Waals surface area contributed by atoms with Crippen LogP contribution in [0.4, 0.5) is 17.6 Å². The van der Waals surface area contributed by atoms with Crippen molar-refractivity contribution in [2.75, 3.05) is 0 Å². The van der Waals surface area contributed by atoms with Crippen molar-refractivity contribution in [3.05, 3.63) is 47.5 Å². The van der Waals surface area contributed by atoms with E-state index in [2.05, 4.69) is 0 Å². The molecule has 0 amide bonds. The first-order valence-corrected chi connectivity index (χ1v) is 5.55. The minimum atomic E-state index is -4.67. The fourth-order valence-electron chi connectivity index (χ4n) is 1.93. The third-order valence-corrected chi connectivity index (χ3v) is 2.96. The van der Waals surface area contributed by atoms with Gasteiger partial charge in [0.05, 0.1) is 0 Å². The van der Waals surface area contributed by atoms with Crippen LogP contribution in [0.25, 0.3) is 10.8 Å². The van der Waals surface area contributed by atoms with Gasteiger partial charge < -0.3 is 0 Å². The van der Waals surface area contributed by atoms with E-state index in [9.17, 15) is 22.4 Å². The monoisotopic (exact) mass is 270 g/mol. The molecule has 2 aromatic rings. The highest BCUT2D eigenvalue weighted by atomic mass is 19.3. The van der Waals surface area contributed by atoms with Crippen LogP contribution in [0.3, 0.4) is 0 Å². The maximum Gasteiger partial charge on any atom is 0.368 e. The highest BCUT2D eigenvalue weighted by Crippen LogP contribution is 2.31. The smallest absolute Gasteiger partial charge is 0.287 e. The van der Waals surface area contributed by atoms with Crippen molar-refractivity contribution in [1.29, 1.82) is 0 Å². The summed E-state index contributed by atoms with van der Waals surface area (Å²) >= 11 is 0. The number of rotatable bonds is 3. The molecule has 0 aliphatic heterocycles. The van der Waals surface area contributed by atoms with Gasteiger partial charge in [-0.1, -0.05) is 36.4 Å². The molecule has 0 radical (unpaired) electrons. The van der Waals surface area contributed by atoms with Crippen molar-refractivity contribution >= 4 is 16.6 Å². The van der Waals surface area contributed by atoms with E-state index in [0.717, 1.165) is 11.6 Å². The van der Waals surface area contributed by atoms with Crippen molar-refractivity contribution in [3.8, 4) is 0 Å². The van der Waals surface area contributed by atoms with E-state index in [1.165, 1.54) is 12.1 Å². The molecule has 1 nitrogen and oxygen atoms in total. The molecule has 0 bridgehead atoms. The quantitative estimate of drug-likeness (QED) is 0.602. The summed E-state index contributed by atoms with van der Waals surface area (Å²) in [5.41, 5.74) is 0.402. The second-order valence-electron chi connectivity index (χ2n) is 4.23. The number of hydrogen-bond donors (Lipinski definition) is 0. The normalized spacial score (nSPS) is 12.1. The molecule has 0 heterocycles. The Morgan fingerprint density at radius 1 is 1.05 bits per heavy atom. The fourth-order valence-corrected chi connectivity index (χ4v) is 1.93. The van der Waals surface area contributed by atoms with E-state index in [0.29, 0.717) is 5.39 Å². The van der Waals surface area contributed by atoms with Gasteiger partial charge in [-0.2, -0.15) is 8.78 Å². The molecule has 5 heteroatoms. The first kappa shape index (κ1) is 13.5. The highest BCUT2D eigenvalue weighted by Gasteiger charge is 2.49. The first-order valence-electron chi connectivity index (χ1n) is 5.55. The predicted octanol–water partition coefficient (Wildman–Crippen LogP) is 4.23. The average molecular weight is 270 g/mol. The average Bonchev–Trinajstić information content (AvgIpc) is 2.38. The van der Waals surface area contributed by atoms with Gasteiger partial charge in [0.1, 0.15) is 0 Å². The zero-order valence-electron chi connectivity index (χ0n) is 9.96. The number of aryl methyl sites for hydroxylation is 1. The Balaban J connectivity index is 2.65. The third-order valence-electron chi connectivity index (χ3n) is 2.96. The molecule has 0 aliphatic carbocycles. The van der Waals surface area contributed by atoms with Crippen molar-refractivity contribution in [2.24, 2.45) is 0 Å². The molecule has 100 valence electrons. The highest BCUT2D eigenvalue weighted by molar-refractivity contribution is 6.12. The lowest BCUT2D eigenvalue weighted by Gasteiger charge is -2.15. The van der Waals surface area contributed by atoms with Gasteiger partial charge in [0, 0.05) is 5.56 Å². The number of carbonyl (C=O) groups excluding carboxylic acids is 1. The Bertz CT molecular complexity index is 634. The molecule has 2 aromatic carbocycles. The number of carbonyl (C=O) groups is 1. The van der Waals surface area contributed by atoms with Gasteiger partial charge in [0.15, 0.2) is 0 Å². The summed E-state index contributed by atoms with van der Waals surface area (Å²) in [6, 6.07) is 9.01. The molecular formula is C14H10F4O. The SMILES string of the molecule is Cc1ccc(C(=O)C(F)(F)C(F)F)c2ccccc12.